The van der Waals surface area contributed by atoms with Gasteiger partial charge in [-0.15, -0.1) is 0 Å². The molecule has 0 radical (unpaired) electrons. The summed E-state index contributed by atoms with van der Waals surface area (Å²) in [5, 5.41) is 0. The Morgan fingerprint density at radius 3 is 2.61 bits per heavy atom. The number of anilines is 1. The average Bonchev–Trinajstić information content (AvgIpc) is 2.32. The van der Waals surface area contributed by atoms with Gasteiger partial charge in [0.25, 0.3) is 10.0 Å². The second-order valence-electron chi connectivity index (χ2n) is 3.39. The largest absolute Gasteiger partial charge is 0.278 e. The molecule has 2 rings (SSSR count). The van der Waals surface area contributed by atoms with E-state index in [0.717, 1.165) is 6.07 Å². The fourth-order valence-corrected chi connectivity index (χ4v) is 2.96. The lowest BCUT2D eigenvalue weighted by molar-refractivity contribution is 0.570. The van der Waals surface area contributed by atoms with Crippen LogP contribution in [0.5, 0.6) is 0 Å². The Hall–Kier alpha value is -1.47. The summed E-state index contributed by atoms with van der Waals surface area (Å²) >= 11 is 3.16. The molecular weight excluding hydrogens is 323 g/mol. The van der Waals surface area contributed by atoms with Crippen molar-refractivity contribution < 1.29 is 12.8 Å². The standard InChI is InChI=1S/C11H8BrFN2O2S/c12-8-7-14-6-5-10(8)15-18(16,17)11-4-2-1-3-9(11)13/h1-7H,(H,14,15). The molecule has 0 saturated carbocycles. The Balaban J connectivity index is 2.40. The summed E-state index contributed by atoms with van der Waals surface area (Å²) < 4.78 is 40.2. The third-order valence-electron chi connectivity index (χ3n) is 2.14. The summed E-state index contributed by atoms with van der Waals surface area (Å²) in [6, 6.07) is 6.65. The number of pyridine rings is 1. The molecule has 0 aliphatic heterocycles. The number of sulfonamides is 1. The molecule has 0 saturated heterocycles. The van der Waals surface area contributed by atoms with Crippen molar-refractivity contribution in [2.45, 2.75) is 4.90 Å². The summed E-state index contributed by atoms with van der Waals surface area (Å²) in [7, 11) is -3.95. The first-order chi connectivity index (χ1) is 8.50. The number of halogens is 2. The van der Waals surface area contributed by atoms with E-state index in [2.05, 4.69) is 25.6 Å². The van der Waals surface area contributed by atoms with Gasteiger partial charge in [0.15, 0.2) is 0 Å². The maximum atomic E-state index is 13.4. The van der Waals surface area contributed by atoms with Crippen molar-refractivity contribution in [1.29, 1.82) is 0 Å². The molecule has 0 bridgehead atoms. The highest BCUT2D eigenvalue weighted by molar-refractivity contribution is 9.10. The fraction of sp³-hybridized carbons (Fsp3) is 0. The molecule has 1 aromatic carbocycles. The number of nitrogens with one attached hydrogen (secondary N) is 1. The molecule has 1 N–H and O–H groups in total. The van der Waals surface area contributed by atoms with E-state index in [1.165, 1.54) is 36.7 Å². The molecule has 1 aromatic heterocycles. The van der Waals surface area contributed by atoms with Crippen molar-refractivity contribution in [3.05, 3.63) is 53.0 Å². The van der Waals surface area contributed by atoms with Crippen molar-refractivity contribution >= 4 is 31.6 Å². The lowest BCUT2D eigenvalue weighted by Crippen LogP contribution is -2.14. The van der Waals surface area contributed by atoms with Gasteiger partial charge in [0.2, 0.25) is 0 Å². The van der Waals surface area contributed by atoms with E-state index in [1.54, 1.807) is 0 Å². The zero-order valence-electron chi connectivity index (χ0n) is 8.97. The molecule has 1 heterocycles. The topological polar surface area (TPSA) is 59.1 Å². The van der Waals surface area contributed by atoms with Gasteiger partial charge < -0.3 is 0 Å². The van der Waals surface area contributed by atoms with Gasteiger partial charge in [-0.05, 0) is 34.1 Å². The Morgan fingerprint density at radius 1 is 1.22 bits per heavy atom. The molecule has 0 fully saturated rings. The highest BCUT2D eigenvalue weighted by Gasteiger charge is 2.19. The average molecular weight is 331 g/mol. The van der Waals surface area contributed by atoms with E-state index in [-0.39, 0.29) is 0 Å². The van der Waals surface area contributed by atoms with Crippen LogP contribution in [-0.4, -0.2) is 13.4 Å². The molecule has 0 amide bonds. The lowest BCUT2D eigenvalue weighted by Gasteiger charge is -2.09. The smallest absolute Gasteiger partial charge is 0.264 e. The number of hydrogen-bond donors (Lipinski definition) is 1. The van der Waals surface area contributed by atoms with Crippen molar-refractivity contribution in [2.24, 2.45) is 0 Å². The van der Waals surface area contributed by atoms with Gasteiger partial charge in [0.1, 0.15) is 10.7 Å². The second-order valence-corrected chi connectivity index (χ2v) is 5.90. The molecule has 7 heteroatoms. The summed E-state index contributed by atoms with van der Waals surface area (Å²) in [5.74, 6) is -0.796. The number of hydrogen-bond acceptors (Lipinski definition) is 3. The van der Waals surface area contributed by atoms with E-state index in [0.29, 0.717) is 10.2 Å². The minimum absolute atomic E-state index is 0.299. The molecule has 0 aliphatic carbocycles. The van der Waals surface area contributed by atoms with Crippen LogP contribution < -0.4 is 4.72 Å². The number of aromatic nitrogens is 1. The SMILES string of the molecule is O=S(=O)(Nc1ccncc1Br)c1ccccc1F. The first kappa shape index (κ1) is 13.0. The van der Waals surface area contributed by atoms with Gasteiger partial charge in [-0.3, -0.25) is 9.71 Å². The molecule has 0 spiro atoms. The highest BCUT2D eigenvalue weighted by atomic mass is 79.9. The van der Waals surface area contributed by atoms with E-state index in [9.17, 15) is 12.8 Å². The normalized spacial score (nSPS) is 11.2. The van der Waals surface area contributed by atoms with Crippen LogP contribution in [0.4, 0.5) is 10.1 Å². The summed E-state index contributed by atoms with van der Waals surface area (Å²) in [5.41, 5.74) is 0.299. The molecular formula is C11H8BrFN2O2S. The third-order valence-corrected chi connectivity index (χ3v) is 4.17. The second kappa shape index (κ2) is 5.03. The Bertz CT molecular complexity index is 676. The lowest BCUT2D eigenvalue weighted by atomic mass is 10.4. The number of rotatable bonds is 3. The van der Waals surface area contributed by atoms with Crippen molar-refractivity contribution in [1.82, 2.24) is 4.98 Å². The number of benzene rings is 1. The van der Waals surface area contributed by atoms with Crippen molar-refractivity contribution in [3.8, 4) is 0 Å². The van der Waals surface area contributed by atoms with E-state index in [4.69, 9.17) is 0 Å². The van der Waals surface area contributed by atoms with E-state index in [1.807, 2.05) is 0 Å². The van der Waals surface area contributed by atoms with Crippen molar-refractivity contribution in [2.75, 3.05) is 4.72 Å². The number of nitrogens with zero attached hydrogens (tertiary/aromatic N) is 1. The monoisotopic (exact) mass is 330 g/mol. The molecule has 18 heavy (non-hydrogen) atoms. The van der Waals surface area contributed by atoms with E-state index < -0.39 is 20.7 Å². The predicted molar refractivity (Wildman–Crippen MR) is 69.1 cm³/mol. The van der Waals surface area contributed by atoms with Crippen molar-refractivity contribution in [3.63, 3.8) is 0 Å². The van der Waals surface area contributed by atoms with Gasteiger partial charge in [-0.2, -0.15) is 0 Å². The van der Waals surface area contributed by atoms with Crippen LogP contribution in [0.25, 0.3) is 0 Å². The van der Waals surface area contributed by atoms with Crippen LogP contribution in [0.1, 0.15) is 0 Å². The maximum Gasteiger partial charge on any atom is 0.264 e. The predicted octanol–water partition coefficient (Wildman–Crippen LogP) is 2.78. The Morgan fingerprint density at radius 2 is 1.94 bits per heavy atom. The summed E-state index contributed by atoms with van der Waals surface area (Å²) in [4.78, 5) is 3.41. The minimum atomic E-state index is -3.95. The summed E-state index contributed by atoms with van der Waals surface area (Å²) in [6.07, 6.45) is 2.88. The zero-order valence-corrected chi connectivity index (χ0v) is 11.4. The van der Waals surface area contributed by atoms with Gasteiger partial charge in [-0.25, -0.2) is 12.8 Å². The molecule has 4 nitrogen and oxygen atoms in total. The van der Waals surface area contributed by atoms with Gasteiger partial charge >= 0.3 is 0 Å². The molecule has 0 unspecified atom stereocenters. The van der Waals surface area contributed by atoms with Crippen LogP contribution in [-0.2, 0) is 10.0 Å². The van der Waals surface area contributed by atoms with E-state index >= 15 is 0 Å². The molecule has 2 aromatic rings. The first-order valence-corrected chi connectivity index (χ1v) is 7.15. The molecule has 0 aliphatic rings. The summed E-state index contributed by atoms with van der Waals surface area (Å²) in [6.45, 7) is 0. The van der Waals surface area contributed by atoms with Crippen LogP contribution in [0.15, 0.2) is 52.1 Å². The quantitative estimate of drug-likeness (QED) is 0.941. The van der Waals surface area contributed by atoms with Gasteiger partial charge in [0, 0.05) is 12.4 Å². The van der Waals surface area contributed by atoms with Gasteiger partial charge in [0.05, 0.1) is 10.2 Å². The Labute approximate surface area is 112 Å². The third kappa shape index (κ3) is 2.68. The Kier molecular flexibility index (Phi) is 3.63. The maximum absolute atomic E-state index is 13.4. The van der Waals surface area contributed by atoms with Crippen LogP contribution in [0, 0.1) is 5.82 Å². The molecule has 94 valence electrons. The zero-order chi connectivity index (χ0) is 13.2. The van der Waals surface area contributed by atoms with Crippen LogP contribution in [0.2, 0.25) is 0 Å². The molecule has 0 atom stereocenters. The first-order valence-electron chi connectivity index (χ1n) is 4.87. The minimum Gasteiger partial charge on any atom is -0.278 e. The highest BCUT2D eigenvalue weighted by Crippen LogP contribution is 2.24. The van der Waals surface area contributed by atoms with Gasteiger partial charge in [-0.1, -0.05) is 12.1 Å². The van der Waals surface area contributed by atoms with Crippen LogP contribution >= 0.6 is 15.9 Å². The fourth-order valence-electron chi connectivity index (χ4n) is 1.32. The van der Waals surface area contributed by atoms with Crippen LogP contribution in [0.3, 0.4) is 0 Å².